The zero-order valence-electron chi connectivity index (χ0n) is 7.68. The van der Waals surface area contributed by atoms with E-state index >= 15 is 0 Å². The lowest BCUT2D eigenvalue weighted by Gasteiger charge is -2.02. The van der Waals surface area contributed by atoms with Gasteiger partial charge in [-0.25, -0.2) is 4.79 Å². The van der Waals surface area contributed by atoms with Crippen LogP contribution in [-0.2, 0) is 9.59 Å². The van der Waals surface area contributed by atoms with E-state index in [0.29, 0.717) is 5.56 Å². The number of carbonyl (C=O) groups is 2. The molecule has 1 rings (SSSR count). The molecule has 15 heavy (non-hydrogen) atoms. The number of rotatable bonds is 3. The topological polar surface area (TPSA) is 101 Å². The summed E-state index contributed by atoms with van der Waals surface area (Å²) in [7, 11) is 0. The van der Waals surface area contributed by atoms with Crippen LogP contribution in [0.3, 0.4) is 0 Å². The molecule has 1 aromatic carbocycles. The molecule has 0 amide bonds. The third-order valence-corrected chi connectivity index (χ3v) is 1.74. The molecule has 0 radical (unpaired) electrons. The molecular formula is C10H9NO4. The summed E-state index contributed by atoms with van der Waals surface area (Å²) in [4.78, 5) is 21.2. The van der Waals surface area contributed by atoms with Gasteiger partial charge in [0.1, 0.15) is 11.5 Å². The van der Waals surface area contributed by atoms with Crippen molar-refractivity contribution in [3.8, 4) is 0 Å². The van der Waals surface area contributed by atoms with Crippen LogP contribution in [0.4, 0.5) is 0 Å². The molecular weight excluding hydrogens is 198 g/mol. The molecule has 0 heterocycles. The Labute approximate surface area is 85.5 Å². The first-order chi connectivity index (χ1) is 7.04. The summed E-state index contributed by atoms with van der Waals surface area (Å²) in [5.41, 5.74) is 4.82. The number of carboxylic acid groups (broad SMARTS) is 1. The minimum absolute atomic E-state index is 0.296. The number of aliphatic hydroxyl groups excluding tert-OH is 1. The van der Waals surface area contributed by atoms with E-state index in [0.717, 1.165) is 0 Å². The molecule has 1 aromatic rings. The zero-order valence-corrected chi connectivity index (χ0v) is 7.68. The van der Waals surface area contributed by atoms with E-state index in [9.17, 15) is 14.7 Å². The van der Waals surface area contributed by atoms with Gasteiger partial charge >= 0.3 is 5.97 Å². The highest BCUT2D eigenvalue weighted by molar-refractivity contribution is 6.40. The summed E-state index contributed by atoms with van der Waals surface area (Å²) in [5.74, 6) is -3.55. The fraction of sp³-hybridized carbons (Fsp3) is 0. The van der Waals surface area contributed by atoms with Crippen molar-refractivity contribution in [2.75, 3.05) is 0 Å². The van der Waals surface area contributed by atoms with Gasteiger partial charge in [0.05, 0.1) is 0 Å². The maximum Gasteiger partial charge on any atom is 0.378 e. The lowest BCUT2D eigenvalue weighted by molar-refractivity contribution is -0.147. The molecule has 5 nitrogen and oxygen atoms in total. The first-order valence-corrected chi connectivity index (χ1v) is 4.05. The monoisotopic (exact) mass is 207 g/mol. The van der Waals surface area contributed by atoms with Crippen molar-refractivity contribution in [1.82, 2.24) is 0 Å². The van der Waals surface area contributed by atoms with Crippen LogP contribution in [0.5, 0.6) is 0 Å². The van der Waals surface area contributed by atoms with E-state index in [-0.39, 0.29) is 0 Å². The molecule has 0 aromatic heterocycles. The summed E-state index contributed by atoms with van der Waals surface area (Å²) in [6, 6.07) is 7.99. The molecule has 0 bridgehead atoms. The Bertz CT molecular complexity index is 422. The van der Waals surface area contributed by atoms with E-state index in [1.807, 2.05) is 0 Å². The van der Waals surface area contributed by atoms with Crippen LogP contribution in [0.25, 0.3) is 5.76 Å². The van der Waals surface area contributed by atoms with E-state index < -0.39 is 23.2 Å². The van der Waals surface area contributed by atoms with Crippen molar-refractivity contribution < 1.29 is 19.8 Å². The summed E-state index contributed by atoms with van der Waals surface area (Å²) >= 11 is 0. The number of hydrogen-bond donors (Lipinski definition) is 3. The van der Waals surface area contributed by atoms with Gasteiger partial charge in [0.25, 0.3) is 5.78 Å². The lowest BCUT2D eigenvalue weighted by Crippen LogP contribution is -2.22. The highest BCUT2D eigenvalue weighted by Gasteiger charge is 2.19. The summed E-state index contributed by atoms with van der Waals surface area (Å²) in [6.07, 6.45) is 0. The van der Waals surface area contributed by atoms with Gasteiger partial charge in [0.2, 0.25) is 0 Å². The standard InChI is InChI=1S/C10H9NO4/c11-7(9(13)10(14)15)8(12)6-4-2-1-3-5-6/h1-5,12H,11H2,(H,14,15). The average Bonchev–Trinajstić information content (AvgIpc) is 2.27. The van der Waals surface area contributed by atoms with Crippen LogP contribution in [-0.4, -0.2) is 22.0 Å². The van der Waals surface area contributed by atoms with E-state index in [4.69, 9.17) is 10.8 Å². The van der Waals surface area contributed by atoms with Crippen molar-refractivity contribution in [2.24, 2.45) is 5.73 Å². The van der Waals surface area contributed by atoms with Crippen LogP contribution in [0.1, 0.15) is 5.56 Å². The second-order valence-corrected chi connectivity index (χ2v) is 2.76. The molecule has 0 atom stereocenters. The van der Waals surface area contributed by atoms with Gasteiger partial charge in [-0.05, 0) is 0 Å². The minimum Gasteiger partial charge on any atom is -0.505 e. The molecule has 0 aliphatic carbocycles. The average molecular weight is 207 g/mol. The SMILES string of the molecule is NC(C(=O)C(=O)O)=C(O)c1ccccc1. The van der Waals surface area contributed by atoms with Crippen molar-refractivity contribution in [1.29, 1.82) is 0 Å². The Morgan fingerprint density at radius 1 is 1.07 bits per heavy atom. The summed E-state index contributed by atoms with van der Waals surface area (Å²) in [6.45, 7) is 0. The number of benzene rings is 1. The molecule has 78 valence electrons. The number of nitrogens with two attached hydrogens (primary N) is 1. The largest absolute Gasteiger partial charge is 0.505 e. The lowest BCUT2D eigenvalue weighted by atomic mass is 10.1. The fourth-order valence-corrected chi connectivity index (χ4v) is 0.974. The number of carboxylic acids is 1. The van der Waals surface area contributed by atoms with Crippen LogP contribution in [0.2, 0.25) is 0 Å². The third kappa shape index (κ3) is 2.34. The molecule has 0 saturated carbocycles. The quantitative estimate of drug-likeness (QED) is 0.381. The van der Waals surface area contributed by atoms with Gasteiger partial charge in [0.15, 0.2) is 0 Å². The second-order valence-electron chi connectivity index (χ2n) is 2.76. The normalized spacial score (nSPS) is 11.7. The Balaban J connectivity index is 3.11. The number of carbonyl (C=O) groups excluding carboxylic acids is 1. The third-order valence-electron chi connectivity index (χ3n) is 1.74. The second kappa shape index (κ2) is 4.28. The Hall–Kier alpha value is -2.30. The smallest absolute Gasteiger partial charge is 0.378 e. The minimum atomic E-state index is -1.70. The maximum absolute atomic E-state index is 10.9. The predicted octanol–water partition coefficient (Wildman–Crippen LogP) is 0.526. The van der Waals surface area contributed by atoms with Crippen LogP contribution < -0.4 is 5.73 Å². The van der Waals surface area contributed by atoms with Crippen molar-refractivity contribution in [3.05, 3.63) is 41.6 Å². The highest BCUT2D eigenvalue weighted by atomic mass is 16.4. The van der Waals surface area contributed by atoms with Gasteiger partial charge in [0, 0.05) is 5.56 Å². The molecule has 0 unspecified atom stereocenters. The van der Waals surface area contributed by atoms with Crippen LogP contribution >= 0.6 is 0 Å². The Morgan fingerprint density at radius 3 is 2.07 bits per heavy atom. The molecule has 0 spiro atoms. The number of hydrogen-bond acceptors (Lipinski definition) is 4. The number of ketones is 1. The number of aliphatic hydroxyl groups is 1. The van der Waals surface area contributed by atoms with E-state index in [1.54, 1.807) is 18.2 Å². The van der Waals surface area contributed by atoms with Gasteiger partial charge in [-0.1, -0.05) is 30.3 Å². The Morgan fingerprint density at radius 2 is 1.60 bits per heavy atom. The first-order valence-electron chi connectivity index (χ1n) is 4.05. The first kappa shape index (κ1) is 10.8. The van der Waals surface area contributed by atoms with Crippen molar-refractivity contribution in [3.63, 3.8) is 0 Å². The van der Waals surface area contributed by atoms with Gasteiger partial charge in [-0.2, -0.15) is 0 Å². The van der Waals surface area contributed by atoms with Crippen molar-refractivity contribution in [2.45, 2.75) is 0 Å². The van der Waals surface area contributed by atoms with Gasteiger partial charge in [-0.15, -0.1) is 0 Å². The van der Waals surface area contributed by atoms with Crippen LogP contribution in [0.15, 0.2) is 36.0 Å². The molecule has 4 N–H and O–H groups in total. The summed E-state index contributed by atoms with van der Waals surface area (Å²) < 4.78 is 0. The van der Waals surface area contributed by atoms with Crippen LogP contribution in [0, 0.1) is 0 Å². The summed E-state index contributed by atoms with van der Waals surface area (Å²) in [5, 5.41) is 17.9. The van der Waals surface area contributed by atoms with E-state index in [2.05, 4.69) is 0 Å². The van der Waals surface area contributed by atoms with Gasteiger partial charge in [-0.3, -0.25) is 4.79 Å². The van der Waals surface area contributed by atoms with Crippen molar-refractivity contribution >= 4 is 17.5 Å². The van der Waals surface area contributed by atoms with E-state index in [1.165, 1.54) is 12.1 Å². The molecule has 0 saturated heterocycles. The molecule has 0 aliphatic heterocycles. The maximum atomic E-state index is 10.9. The molecule has 0 fully saturated rings. The number of Topliss-reactive ketones (excluding diaryl/α,β-unsaturated/α-hetero) is 1. The number of aliphatic carboxylic acids is 1. The highest BCUT2D eigenvalue weighted by Crippen LogP contribution is 2.12. The predicted molar refractivity (Wildman–Crippen MR) is 52.8 cm³/mol. The fourth-order valence-electron chi connectivity index (χ4n) is 0.974. The zero-order chi connectivity index (χ0) is 11.4. The van der Waals surface area contributed by atoms with Gasteiger partial charge < -0.3 is 15.9 Å². The molecule has 5 heteroatoms. The Kier molecular flexibility index (Phi) is 3.07. The molecule has 0 aliphatic rings.